The first kappa shape index (κ1) is 17.4. The van der Waals surface area contributed by atoms with Crippen LogP contribution in [0.5, 0.6) is 0 Å². The van der Waals surface area contributed by atoms with Crippen LogP contribution in [0.1, 0.15) is 35.6 Å². The molecule has 0 saturated carbocycles. The highest BCUT2D eigenvalue weighted by atomic mass is 19.1. The summed E-state index contributed by atoms with van der Waals surface area (Å²) >= 11 is 0. The number of aliphatic hydroxyl groups is 1. The van der Waals surface area contributed by atoms with Crippen molar-refractivity contribution in [1.29, 1.82) is 0 Å². The Morgan fingerprint density at radius 3 is 2.92 bits per heavy atom. The third kappa shape index (κ3) is 3.82. The zero-order valence-corrected chi connectivity index (χ0v) is 14.3. The Labute approximate surface area is 147 Å². The molecular weight excluding hydrogens is 319 g/mol. The Hall–Kier alpha value is -2.40. The minimum atomic E-state index is -0.391. The molecule has 2 aromatic rings. The Morgan fingerprint density at radius 1 is 1.32 bits per heavy atom. The number of hydrogen-bond donors (Lipinski definition) is 2. The number of urea groups is 1. The number of rotatable bonds is 4. The van der Waals surface area contributed by atoms with Crippen LogP contribution in [0.3, 0.4) is 0 Å². The van der Waals surface area contributed by atoms with Crippen LogP contribution in [0.25, 0.3) is 0 Å². The van der Waals surface area contributed by atoms with Gasteiger partial charge in [-0.15, -0.1) is 0 Å². The molecule has 2 aromatic carbocycles. The topological polar surface area (TPSA) is 52.6 Å². The number of nitrogens with zero attached hydrogens (tertiary/aromatic N) is 1. The smallest absolute Gasteiger partial charge is 0.322 e. The fourth-order valence-corrected chi connectivity index (χ4v) is 3.47. The molecule has 3 rings (SSSR count). The molecule has 0 saturated heterocycles. The van der Waals surface area contributed by atoms with Crippen molar-refractivity contribution in [1.82, 2.24) is 4.90 Å². The molecule has 0 unspecified atom stereocenters. The monoisotopic (exact) mass is 342 g/mol. The zero-order chi connectivity index (χ0) is 17.8. The first-order chi connectivity index (χ1) is 12.1. The van der Waals surface area contributed by atoms with E-state index in [1.807, 2.05) is 25.1 Å². The van der Waals surface area contributed by atoms with E-state index in [2.05, 4.69) is 11.4 Å². The van der Waals surface area contributed by atoms with E-state index >= 15 is 0 Å². The van der Waals surface area contributed by atoms with Crippen molar-refractivity contribution < 1.29 is 14.3 Å². The van der Waals surface area contributed by atoms with Gasteiger partial charge in [-0.05, 0) is 55.0 Å². The van der Waals surface area contributed by atoms with Gasteiger partial charge in [0.2, 0.25) is 0 Å². The van der Waals surface area contributed by atoms with Crippen molar-refractivity contribution in [3.8, 4) is 0 Å². The first-order valence-corrected chi connectivity index (χ1v) is 8.62. The van der Waals surface area contributed by atoms with Crippen LogP contribution in [0.15, 0.2) is 42.5 Å². The van der Waals surface area contributed by atoms with E-state index in [9.17, 15) is 14.3 Å². The molecule has 25 heavy (non-hydrogen) atoms. The van der Waals surface area contributed by atoms with Gasteiger partial charge in [0.15, 0.2) is 0 Å². The van der Waals surface area contributed by atoms with Gasteiger partial charge in [0.05, 0.1) is 12.6 Å². The van der Waals surface area contributed by atoms with E-state index in [1.165, 1.54) is 17.7 Å². The van der Waals surface area contributed by atoms with Crippen LogP contribution in [0, 0.1) is 12.7 Å². The van der Waals surface area contributed by atoms with Crippen molar-refractivity contribution in [2.75, 3.05) is 18.5 Å². The third-order valence-electron chi connectivity index (χ3n) is 4.76. The minimum Gasteiger partial charge on any atom is -0.395 e. The first-order valence-electron chi connectivity index (χ1n) is 8.62. The van der Waals surface area contributed by atoms with Gasteiger partial charge in [0.25, 0.3) is 0 Å². The predicted octanol–water partition coefficient (Wildman–Crippen LogP) is 4.04. The van der Waals surface area contributed by atoms with Gasteiger partial charge in [-0.1, -0.05) is 30.3 Å². The second-order valence-corrected chi connectivity index (χ2v) is 6.41. The number of carbonyl (C=O) groups is 1. The van der Waals surface area contributed by atoms with Gasteiger partial charge >= 0.3 is 6.03 Å². The van der Waals surface area contributed by atoms with Crippen LogP contribution in [-0.4, -0.2) is 29.2 Å². The second-order valence-electron chi connectivity index (χ2n) is 6.41. The Bertz CT molecular complexity index is 763. The summed E-state index contributed by atoms with van der Waals surface area (Å²) in [7, 11) is 0. The fraction of sp³-hybridized carbons (Fsp3) is 0.350. The molecule has 2 amide bonds. The number of nitrogens with one attached hydrogen (secondary N) is 1. The molecule has 0 heterocycles. The van der Waals surface area contributed by atoms with Crippen molar-refractivity contribution in [3.63, 3.8) is 0 Å². The summed E-state index contributed by atoms with van der Waals surface area (Å²) in [6.45, 7) is 1.94. The Balaban J connectivity index is 1.86. The molecule has 0 fully saturated rings. The average Bonchev–Trinajstić information content (AvgIpc) is 2.62. The number of fused-ring (bicyclic) bond motifs is 1. The quantitative estimate of drug-likeness (QED) is 0.881. The largest absolute Gasteiger partial charge is 0.395 e. The number of hydrogen-bond acceptors (Lipinski definition) is 2. The molecule has 0 bridgehead atoms. The van der Waals surface area contributed by atoms with Crippen LogP contribution < -0.4 is 5.32 Å². The van der Waals surface area contributed by atoms with Gasteiger partial charge in [0.1, 0.15) is 5.82 Å². The molecule has 0 aromatic heterocycles. The predicted molar refractivity (Wildman–Crippen MR) is 96.1 cm³/mol. The molecule has 1 aliphatic carbocycles. The highest BCUT2D eigenvalue weighted by molar-refractivity contribution is 5.90. The lowest BCUT2D eigenvalue weighted by Crippen LogP contribution is -2.41. The molecule has 132 valence electrons. The zero-order valence-electron chi connectivity index (χ0n) is 14.3. The Kier molecular flexibility index (Phi) is 5.34. The molecule has 1 atom stereocenters. The lowest BCUT2D eigenvalue weighted by atomic mass is 9.87. The maximum atomic E-state index is 13.5. The summed E-state index contributed by atoms with van der Waals surface area (Å²) in [6, 6.07) is 12.0. The molecule has 0 aliphatic heterocycles. The summed E-state index contributed by atoms with van der Waals surface area (Å²) in [5.74, 6) is -0.391. The number of halogens is 1. The maximum absolute atomic E-state index is 13.5. The van der Waals surface area contributed by atoms with E-state index in [-0.39, 0.29) is 25.2 Å². The van der Waals surface area contributed by atoms with Gasteiger partial charge in [0, 0.05) is 12.2 Å². The summed E-state index contributed by atoms with van der Waals surface area (Å²) in [4.78, 5) is 14.5. The van der Waals surface area contributed by atoms with Crippen LogP contribution in [0.2, 0.25) is 0 Å². The third-order valence-corrected chi connectivity index (χ3v) is 4.76. The average molecular weight is 342 g/mol. The van der Waals surface area contributed by atoms with Crippen molar-refractivity contribution in [2.24, 2.45) is 0 Å². The fourth-order valence-electron chi connectivity index (χ4n) is 3.47. The van der Waals surface area contributed by atoms with Crippen molar-refractivity contribution in [3.05, 3.63) is 65.0 Å². The maximum Gasteiger partial charge on any atom is 0.322 e. The number of benzene rings is 2. The van der Waals surface area contributed by atoms with Crippen LogP contribution >= 0.6 is 0 Å². The molecular formula is C20H23FN2O2. The van der Waals surface area contributed by atoms with E-state index in [0.717, 1.165) is 30.4 Å². The van der Waals surface area contributed by atoms with E-state index < -0.39 is 5.82 Å². The SMILES string of the molecule is Cc1ccc(F)cc1NC(=O)N(CCO)[C@H]1CCCc2ccccc21. The van der Waals surface area contributed by atoms with Gasteiger partial charge in [-0.3, -0.25) is 0 Å². The molecule has 0 spiro atoms. The minimum absolute atomic E-state index is 0.0778. The number of aliphatic hydroxyl groups excluding tert-OH is 1. The molecule has 5 heteroatoms. The highest BCUT2D eigenvalue weighted by Crippen LogP contribution is 2.34. The molecule has 1 aliphatic rings. The van der Waals surface area contributed by atoms with Crippen LogP contribution in [0.4, 0.5) is 14.9 Å². The normalized spacial score (nSPS) is 16.2. The van der Waals surface area contributed by atoms with Crippen molar-refractivity contribution >= 4 is 11.7 Å². The van der Waals surface area contributed by atoms with E-state index in [1.54, 1.807) is 11.0 Å². The molecule has 4 nitrogen and oxygen atoms in total. The molecule has 2 N–H and O–H groups in total. The summed E-state index contributed by atoms with van der Waals surface area (Å²) < 4.78 is 13.5. The lowest BCUT2D eigenvalue weighted by molar-refractivity contribution is 0.155. The number of carbonyl (C=O) groups excluding carboxylic acids is 1. The second kappa shape index (κ2) is 7.66. The number of aryl methyl sites for hydroxylation is 2. The van der Waals surface area contributed by atoms with Gasteiger partial charge in [-0.2, -0.15) is 0 Å². The van der Waals surface area contributed by atoms with Gasteiger partial charge < -0.3 is 15.3 Å². The molecule has 0 radical (unpaired) electrons. The standard InChI is InChI=1S/C20H23FN2O2/c1-14-9-10-16(21)13-18(14)22-20(25)23(11-12-24)19-8-4-6-15-5-2-3-7-17(15)19/h2-3,5,7,9-10,13,19,24H,4,6,8,11-12H2,1H3,(H,22,25)/t19-/m0/s1. The van der Waals surface area contributed by atoms with Gasteiger partial charge in [-0.25, -0.2) is 9.18 Å². The number of amides is 2. The van der Waals surface area contributed by atoms with Crippen molar-refractivity contribution in [2.45, 2.75) is 32.2 Å². The Morgan fingerprint density at radius 2 is 2.12 bits per heavy atom. The number of anilines is 1. The van der Waals surface area contributed by atoms with Crippen LogP contribution in [-0.2, 0) is 6.42 Å². The highest BCUT2D eigenvalue weighted by Gasteiger charge is 2.29. The summed E-state index contributed by atoms with van der Waals surface area (Å²) in [5, 5.41) is 12.2. The lowest BCUT2D eigenvalue weighted by Gasteiger charge is -2.35. The van der Waals surface area contributed by atoms with E-state index in [0.29, 0.717) is 5.69 Å². The summed E-state index contributed by atoms with van der Waals surface area (Å²) in [6.07, 6.45) is 2.85. The summed E-state index contributed by atoms with van der Waals surface area (Å²) in [5.41, 5.74) is 3.63. The van der Waals surface area contributed by atoms with E-state index in [4.69, 9.17) is 0 Å².